The minimum absolute atomic E-state index is 0.0943. The highest BCUT2D eigenvalue weighted by atomic mass is 32.2. The first-order valence-electron chi connectivity index (χ1n) is 6.43. The van der Waals surface area contributed by atoms with Gasteiger partial charge in [-0.1, -0.05) is 13.3 Å². The van der Waals surface area contributed by atoms with Gasteiger partial charge in [0.1, 0.15) is 16.5 Å². The van der Waals surface area contributed by atoms with Crippen LogP contribution in [0.1, 0.15) is 32.6 Å². The summed E-state index contributed by atoms with van der Waals surface area (Å²) >= 11 is 0. The molecule has 1 aliphatic heterocycles. The van der Waals surface area contributed by atoms with E-state index in [4.69, 9.17) is 0 Å². The minimum atomic E-state index is -3.88. The predicted molar refractivity (Wildman–Crippen MR) is 68.2 cm³/mol. The first kappa shape index (κ1) is 14.4. The van der Waals surface area contributed by atoms with Crippen molar-refractivity contribution in [3.8, 4) is 0 Å². The lowest BCUT2D eigenvalue weighted by Gasteiger charge is -2.34. The predicted octanol–water partition coefficient (Wildman–Crippen LogP) is 2.92. The Morgan fingerprint density at radius 3 is 2.68 bits per heavy atom. The summed E-state index contributed by atoms with van der Waals surface area (Å²) in [5, 5.41) is 0. The van der Waals surface area contributed by atoms with Gasteiger partial charge in [0.05, 0.1) is 0 Å². The first-order chi connectivity index (χ1) is 8.96. The summed E-state index contributed by atoms with van der Waals surface area (Å²) in [6.07, 6.45) is 3.25. The van der Waals surface area contributed by atoms with Crippen LogP contribution < -0.4 is 0 Å². The van der Waals surface area contributed by atoms with Gasteiger partial charge in [-0.15, -0.1) is 0 Å². The van der Waals surface area contributed by atoms with E-state index in [1.165, 1.54) is 4.31 Å². The number of benzene rings is 1. The van der Waals surface area contributed by atoms with Crippen molar-refractivity contribution in [2.75, 3.05) is 6.54 Å². The van der Waals surface area contributed by atoms with Crippen LogP contribution in [-0.4, -0.2) is 25.3 Å². The molecule has 19 heavy (non-hydrogen) atoms. The zero-order valence-electron chi connectivity index (χ0n) is 10.8. The summed E-state index contributed by atoms with van der Waals surface area (Å²) in [5.41, 5.74) is 0. The Kier molecular flexibility index (Phi) is 4.20. The van der Waals surface area contributed by atoms with Gasteiger partial charge >= 0.3 is 0 Å². The fraction of sp³-hybridized carbons (Fsp3) is 0.538. The zero-order chi connectivity index (χ0) is 14.0. The van der Waals surface area contributed by atoms with E-state index in [2.05, 4.69) is 0 Å². The van der Waals surface area contributed by atoms with Crippen molar-refractivity contribution in [3.63, 3.8) is 0 Å². The largest absolute Gasteiger partial charge is 0.246 e. The van der Waals surface area contributed by atoms with E-state index < -0.39 is 26.6 Å². The molecule has 1 atom stereocenters. The Morgan fingerprint density at radius 2 is 2.05 bits per heavy atom. The Hall–Kier alpha value is -1.01. The van der Waals surface area contributed by atoms with Crippen molar-refractivity contribution < 1.29 is 17.2 Å². The van der Waals surface area contributed by atoms with E-state index in [9.17, 15) is 17.2 Å². The second-order valence-electron chi connectivity index (χ2n) is 4.75. The molecule has 0 saturated carbocycles. The van der Waals surface area contributed by atoms with Gasteiger partial charge in [0, 0.05) is 18.7 Å². The van der Waals surface area contributed by atoms with Crippen LogP contribution in [0.4, 0.5) is 8.78 Å². The summed E-state index contributed by atoms with van der Waals surface area (Å²) in [7, 11) is -3.88. The van der Waals surface area contributed by atoms with Gasteiger partial charge in [0.2, 0.25) is 10.0 Å². The molecule has 1 fully saturated rings. The van der Waals surface area contributed by atoms with Crippen LogP contribution in [0.3, 0.4) is 0 Å². The monoisotopic (exact) mass is 289 g/mol. The summed E-state index contributed by atoms with van der Waals surface area (Å²) in [4.78, 5) is -0.436. The molecule has 1 aromatic rings. The standard InChI is InChI=1S/C13H17F2NO2S/c1-2-11-5-3-4-8-16(11)19(17,18)13-7-6-10(14)9-12(13)15/h6-7,9,11H,2-5,8H2,1H3/t11-/m1/s1. The van der Waals surface area contributed by atoms with Crippen LogP contribution in [0, 0.1) is 11.6 Å². The number of halogens is 2. The third-order valence-electron chi connectivity index (χ3n) is 3.52. The SMILES string of the molecule is CC[C@@H]1CCCCN1S(=O)(=O)c1ccc(F)cc1F. The molecule has 0 spiro atoms. The van der Waals surface area contributed by atoms with Crippen LogP contribution in [-0.2, 0) is 10.0 Å². The summed E-state index contributed by atoms with van der Waals surface area (Å²) in [6, 6.07) is 2.49. The quantitative estimate of drug-likeness (QED) is 0.858. The average Bonchev–Trinajstić information content (AvgIpc) is 2.38. The molecule has 1 aliphatic rings. The maximum atomic E-state index is 13.7. The topological polar surface area (TPSA) is 37.4 Å². The zero-order valence-corrected chi connectivity index (χ0v) is 11.6. The molecule has 1 aromatic carbocycles. The van der Waals surface area contributed by atoms with Crippen LogP contribution in [0.25, 0.3) is 0 Å². The molecule has 0 bridgehead atoms. The lowest BCUT2D eigenvalue weighted by molar-refractivity contribution is 0.246. The van der Waals surface area contributed by atoms with E-state index in [1.54, 1.807) is 0 Å². The van der Waals surface area contributed by atoms with E-state index in [0.29, 0.717) is 19.0 Å². The lowest BCUT2D eigenvalue weighted by Crippen LogP contribution is -2.43. The highest BCUT2D eigenvalue weighted by Gasteiger charge is 2.34. The van der Waals surface area contributed by atoms with Crippen molar-refractivity contribution in [2.45, 2.75) is 43.5 Å². The molecule has 2 rings (SSSR count). The summed E-state index contributed by atoms with van der Waals surface area (Å²) < 4.78 is 52.8. The third-order valence-corrected chi connectivity index (χ3v) is 5.51. The van der Waals surface area contributed by atoms with Gasteiger partial charge < -0.3 is 0 Å². The number of hydrogen-bond acceptors (Lipinski definition) is 2. The molecule has 0 aromatic heterocycles. The van der Waals surface area contributed by atoms with Gasteiger partial charge in [0.25, 0.3) is 0 Å². The molecular weight excluding hydrogens is 272 g/mol. The van der Waals surface area contributed by atoms with Crippen LogP contribution >= 0.6 is 0 Å². The Balaban J connectivity index is 2.40. The van der Waals surface area contributed by atoms with E-state index in [0.717, 1.165) is 31.4 Å². The van der Waals surface area contributed by atoms with Crippen molar-refractivity contribution >= 4 is 10.0 Å². The second kappa shape index (κ2) is 5.54. The Labute approximate surface area is 112 Å². The van der Waals surface area contributed by atoms with Crippen molar-refractivity contribution in [1.29, 1.82) is 0 Å². The molecule has 0 radical (unpaired) electrons. The number of sulfonamides is 1. The highest BCUT2D eigenvalue weighted by Crippen LogP contribution is 2.28. The number of hydrogen-bond donors (Lipinski definition) is 0. The molecule has 6 heteroatoms. The van der Waals surface area contributed by atoms with Gasteiger partial charge in [0.15, 0.2) is 0 Å². The number of rotatable bonds is 3. The average molecular weight is 289 g/mol. The molecule has 1 heterocycles. The van der Waals surface area contributed by atoms with Crippen molar-refractivity contribution in [3.05, 3.63) is 29.8 Å². The Bertz CT molecular complexity index is 560. The van der Waals surface area contributed by atoms with Crippen LogP contribution in [0.2, 0.25) is 0 Å². The summed E-state index contributed by atoms with van der Waals surface area (Å²) in [6.45, 7) is 2.32. The normalized spacial score (nSPS) is 21.5. The first-order valence-corrected chi connectivity index (χ1v) is 7.87. The third kappa shape index (κ3) is 2.79. The highest BCUT2D eigenvalue weighted by molar-refractivity contribution is 7.89. The van der Waals surface area contributed by atoms with Gasteiger partial charge in [-0.2, -0.15) is 4.31 Å². The number of piperidine rings is 1. The fourth-order valence-electron chi connectivity index (χ4n) is 2.51. The molecule has 1 saturated heterocycles. The van der Waals surface area contributed by atoms with Gasteiger partial charge in [-0.05, 0) is 31.4 Å². The van der Waals surface area contributed by atoms with Crippen molar-refractivity contribution in [1.82, 2.24) is 4.31 Å². The van der Waals surface area contributed by atoms with Crippen molar-refractivity contribution in [2.24, 2.45) is 0 Å². The molecule has 3 nitrogen and oxygen atoms in total. The number of nitrogens with zero attached hydrogens (tertiary/aromatic N) is 1. The van der Waals surface area contributed by atoms with E-state index in [-0.39, 0.29) is 6.04 Å². The van der Waals surface area contributed by atoms with E-state index >= 15 is 0 Å². The smallest absolute Gasteiger partial charge is 0.207 e. The molecule has 0 aliphatic carbocycles. The van der Waals surface area contributed by atoms with Gasteiger partial charge in [-0.25, -0.2) is 17.2 Å². The summed E-state index contributed by atoms with van der Waals surface area (Å²) in [5.74, 6) is -1.80. The minimum Gasteiger partial charge on any atom is -0.207 e. The fourth-order valence-corrected chi connectivity index (χ4v) is 4.32. The maximum absolute atomic E-state index is 13.7. The maximum Gasteiger partial charge on any atom is 0.246 e. The molecule has 0 unspecified atom stereocenters. The lowest BCUT2D eigenvalue weighted by atomic mass is 10.0. The molecule has 0 N–H and O–H groups in total. The van der Waals surface area contributed by atoms with E-state index in [1.807, 2.05) is 6.92 Å². The Morgan fingerprint density at radius 1 is 1.32 bits per heavy atom. The van der Waals surface area contributed by atoms with Crippen LogP contribution in [0.15, 0.2) is 23.1 Å². The molecule has 106 valence electrons. The second-order valence-corrected chi connectivity index (χ2v) is 6.61. The molecule has 0 amide bonds. The van der Waals surface area contributed by atoms with Gasteiger partial charge in [-0.3, -0.25) is 0 Å². The van der Waals surface area contributed by atoms with Crippen LogP contribution in [0.5, 0.6) is 0 Å². The molecular formula is C13H17F2NO2S.